The Balaban J connectivity index is 1.44. The maximum absolute atomic E-state index is 12.3. The summed E-state index contributed by atoms with van der Waals surface area (Å²) in [6.45, 7) is 7.17. The third-order valence-corrected chi connectivity index (χ3v) is 5.70. The Labute approximate surface area is 154 Å². The maximum atomic E-state index is 12.3. The molecule has 0 aliphatic carbocycles. The summed E-state index contributed by atoms with van der Waals surface area (Å²) in [6.07, 6.45) is 3.65. The maximum Gasteiger partial charge on any atom is 0.251 e. The van der Waals surface area contributed by atoms with E-state index in [4.69, 9.17) is 0 Å². The van der Waals surface area contributed by atoms with Crippen molar-refractivity contribution < 1.29 is 4.79 Å². The fourth-order valence-electron chi connectivity index (χ4n) is 3.15. The van der Waals surface area contributed by atoms with E-state index >= 15 is 0 Å². The monoisotopic (exact) mass is 357 g/mol. The Hall–Kier alpha value is -1.85. The number of hydrogen-bond donors (Lipinski definition) is 2. The van der Waals surface area contributed by atoms with Gasteiger partial charge in [-0.05, 0) is 81.0 Å². The average Bonchev–Trinajstić information content (AvgIpc) is 3.28. The van der Waals surface area contributed by atoms with Crippen LogP contribution in [0, 0.1) is 6.92 Å². The molecule has 1 aromatic carbocycles. The summed E-state index contributed by atoms with van der Waals surface area (Å²) < 4.78 is 0. The lowest BCUT2D eigenvalue weighted by molar-refractivity contribution is 0.0952. The van der Waals surface area contributed by atoms with Crippen LogP contribution in [-0.2, 0) is 6.54 Å². The Morgan fingerprint density at radius 3 is 2.84 bits per heavy atom. The van der Waals surface area contributed by atoms with Crippen LogP contribution in [0.2, 0.25) is 0 Å². The van der Waals surface area contributed by atoms with Crippen LogP contribution in [0.15, 0.2) is 35.7 Å². The van der Waals surface area contributed by atoms with Gasteiger partial charge in [-0.25, -0.2) is 0 Å². The van der Waals surface area contributed by atoms with E-state index in [1.165, 1.54) is 36.4 Å². The van der Waals surface area contributed by atoms with Gasteiger partial charge in [0.05, 0.1) is 0 Å². The molecule has 1 aromatic heterocycles. The van der Waals surface area contributed by atoms with E-state index in [1.54, 1.807) is 11.3 Å². The largest absolute Gasteiger partial charge is 0.380 e. The molecule has 1 amide bonds. The van der Waals surface area contributed by atoms with Crippen molar-refractivity contribution in [3.8, 4) is 0 Å². The number of nitrogens with one attached hydrogen (secondary N) is 2. The third-order valence-electron chi connectivity index (χ3n) is 4.68. The van der Waals surface area contributed by atoms with Crippen molar-refractivity contribution in [3.05, 3.63) is 51.7 Å². The van der Waals surface area contributed by atoms with Gasteiger partial charge in [-0.2, -0.15) is 0 Å². The molecule has 25 heavy (non-hydrogen) atoms. The Bertz CT molecular complexity index is 692. The minimum atomic E-state index is 0.0115. The van der Waals surface area contributed by atoms with E-state index in [0.717, 1.165) is 31.7 Å². The molecule has 2 heterocycles. The normalized spacial score (nSPS) is 14.6. The van der Waals surface area contributed by atoms with Gasteiger partial charge in [0.25, 0.3) is 5.91 Å². The summed E-state index contributed by atoms with van der Waals surface area (Å²) >= 11 is 1.76. The highest BCUT2D eigenvalue weighted by molar-refractivity contribution is 7.10. The lowest BCUT2D eigenvalue weighted by Gasteiger charge is -2.14. The number of benzene rings is 1. The molecule has 0 atom stereocenters. The first-order chi connectivity index (χ1) is 12.2. The second kappa shape index (κ2) is 9.02. The van der Waals surface area contributed by atoms with E-state index in [0.29, 0.717) is 5.56 Å². The fourth-order valence-corrected chi connectivity index (χ4v) is 4.00. The van der Waals surface area contributed by atoms with Crippen LogP contribution >= 0.6 is 11.3 Å². The molecule has 1 fully saturated rings. The van der Waals surface area contributed by atoms with E-state index in [2.05, 4.69) is 33.9 Å². The molecule has 0 radical (unpaired) electrons. The highest BCUT2D eigenvalue weighted by Gasteiger charge is 2.11. The molecule has 0 saturated carbocycles. The number of thiophene rings is 1. The van der Waals surface area contributed by atoms with Gasteiger partial charge < -0.3 is 15.5 Å². The number of rotatable bonds is 8. The number of hydrogen-bond acceptors (Lipinski definition) is 4. The number of amides is 1. The summed E-state index contributed by atoms with van der Waals surface area (Å²) in [5, 5.41) is 8.56. The summed E-state index contributed by atoms with van der Waals surface area (Å²) in [4.78, 5) is 16.1. The van der Waals surface area contributed by atoms with Crippen molar-refractivity contribution in [3.63, 3.8) is 0 Å². The smallest absolute Gasteiger partial charge is 0.251 e. The standard InChI is InChI=1S/C20H27N3OS/c1-16-8-13-25-19(16)15-22-18-7-4-6-17(14-18)20(24)21-9-5-12-23-10-2-3-11-23/h4,6-8,13-14,22H,2-3,5,9-12,15H2,1H3,(H,21,24). The molecule has 1 aliphatic rings. The Kier molecular flexibility index (Phi) is 6.48. The molecule has 0 bridgehead atoms. The first-order valence-electron chi connectivity index (χ1n) is 9.10. The van der Waals surface area contributed by atoms with Crippen molar-refractivity contribution >= 4 is 22.9 Å². The average molecular weight is 358 g/mol. The molecular weight excluding hydrogens is 330 g/mol. The number of aryl methyl sites for hydroxylation is 1. The molecule has 3 rings (SSSR count). The highest BCUT2D eigenvalue weighted by Crippen LogP contribution is 2.18. The lowest BCUT2D eigenvalue weighted by Crippen LogP contribution is -2.28. The van der Waals surface area contributed by atoms with Gasteiger partial charge in [0.2, 0.25) is 0 Å². The van der Waals surface area contributed by atoms with E-state index in [9.17, 15) is 4.79 Å². The second-order valence-electron chi connectivity index (χ2n) is 6.62. The summed E-state index contributed by atoms with van der Waals surface area (Å²) in [7, 11) is 0. The van der Waals surface area contributed by atoms with Gasteiger partial charge in [0, 0.05) is 29.2 Å². The van der Waals surface area contributed by atoms with E-state index in [-0.39, 0.29) is 5.91 Å². The predicted molar refractivity (Wildman–Crippen MR) is 105 cm³/mol. The van der Waals surface area contributed by atoms with Crippen LogP contribution in [0.1, 0.15) is 40.1 Å². The zero-order valence-corrected chi connectivity index (χ0v) is 15.7. The van der Waals surface area contributed by atoms with E-state index in [1.807, 2.05) is 24.3 Å². The van der Waals surface area contributed by atoms with Crippen LogP contribution in [0.4, 0.5) is 5.69 Å². The minimum absolute atomic E-state index is 0.0115. The van der Waals surface area contributed by atoms with Crippen LogP contribution in [0.3, 0.4) is 0 Å². The summed E-state index contributed by atoms with van der Waals surface area (Å²) in [6, 6.07) is 9.87. The minimum Gasteiger partial charge on any atom is -0.380 e. The lowest BCUT2D eigenvalue weighted by atomic mass is 10.2. The number of carbonyl (C=O) groups is 1. The highest BCUT2D eigenvalue weighted by atomic mass is 32.1. The zero-order chi connectivity index (χ0) is 17.5. The second-order valence-corrected chi connectivity index (χ2v) is 7.62. The van der Waals surface area contributed by atoms with E-state index < -0.39 is 0 Å². The van der Waals surface area contributed by atoms with Crippen molar-refractivity contribution in [2.45, 2.75) is 32.7 Å². The fraction of sp³-hybridized carbons (Fsp3) is 0.450. The molecule has 2 N–H and O–H groups in total. The quantitative estimate of drug-likeness (QED) is 0.705. The molecule has 0 unspecified atom stereocenters. The summed E-state index contributed by atoms with van der Waals surface area (Å²) in [5.74, 6) is 0.0115. The topological polar surface area (TPSA) is 44.4 Å². The molecule has 5 heteroatoms. The first-order valence-corrected chi connectivity index (χ1v) is 9.98. The van der Waals surface area contributed by atoms with Gasteiger partial charge in [-0.3, -0.25) is 4.79 Å². The van der Waals surface area contributed by atoms with Crippen LogP contribution in [0.25, 0.3) is 0 Å². The van der Waals surface area contributed by atoms with Crippen molar-refractivity contribution in [2.75, 3.05) is 31.5 Å². The molecule has 4 nitrogen and oxygen atoms in total. The van der Waals surface area contributed by atoms with Gasteiger partial charge >= 0.3 is 0 Å². The number of nitrogens with zero attached hydrogens (tertiary/aromatic N) is 1. The van der Waals surface area contributed by atoms with Crippen LogP contribution in [0.5, 0.6) is 0 Å². The Morgan fingerprint density at radius 2 is 2.08 bits per heavy atom. The first kappa shape index (κ1) is 18.0. The van der Waals surface area contributed by atoms with Gasteiger partial charge in [-0.15, -0.1) is 11.3 Å². The molecule has 1 saturated heterocycles. The summed E-state index contributed by atoms with van der Waals surface area (Å²) in [5.41, 5.74) is 3.01. The van der Waals surface area contributed by atoms with Gasteiger partial charge in [0.1, 0.15) is 0 Å². The molecule has 2 aromatic rings. The molecule has 1 aliphatic heterocycles. The van der Waals surface area contributed by atoms with Crippen LogP contribution < -0.4 is 10.6 Å². The van der Waals surface area contributed by atoms with Gasteiger partial charge in [-0.1, -0.05) is 6.07 Å². The van der Waals surface area contributed by atoms with Crippen molar-refractivity contribution in [2.24, 2.45) is 0 Å². The zero-order valence-electron chi connectivity index (χ0n) is 14.9. The third kappa shape index (κ3) is 5.31. The number of anilines is 1. The van der Waals surface area contributed by atoms with Gasteiger partial charge in [0.15, 0.2) is 0 Å². The number of carbonyl (C=O) groups excluding carboxylic acids is 1. The SMILES string of the molecule is Cc1ccsc1CNc1cccc(C(=O)NCCCN2CCCC2)c1. The predicted octanol–water partition coefficient (Wildman–Crippen LogP) is 3.88. The number of likely N-dealkylation sites (tertiary alicyclic amines) is 1. The Morgan fingerprint density at radius 1 is 1.24 bits per heavy atom. The molecule has 134 valence electrons. The van der Waals surface area contributed by atoms with Crippen molar-refractivity contribution in [1.29, 1.82) is 0 Å². The van der Waals surface area contributed by atoms with Crippen LogP contribution in [-0.4, -0.2) is 37.0 Å². The molecular formula is C20H27N3OS. The molecule has 0 spiro atoms. The van der Waals surface area contributed by atoms with Crippen molar-refractivity contribution in [1.82, 2.24) is 10.2 Å².